The van der Waals surface area contributed by atoms with E-state index < -0.39 is 72.6 Å². The highest BCUT2D eigenvalue weighted by atomic mass is 16.6. The third kappa shape index (κ3) is 11.0. The number of rotatable bonds is 16. The number of ether oxygens (including phenoxy) is 6. The molecule has 19 heteroatoms. The molecule has 324 valence electrons. The minimum Gasteiger partial charge on any atom is -0.467 e. The first-order valence-electron chi connectivity index (χ1n) is 19.5. The van der Waals surface area contributed by atoms with Crippen LogP contribution in [0.4, 0.5) is 15.4 Å². The molecule has 1 aliphatic heterocycles. The van der Waals surface area contributed by atoms with Crippen LogP contribution >= 0.6 is 0 Å². The summed E-state index contributed by atoms with van der Waals surface area (Å²) in [5.74, 6) is -2.73. The number of fused-ring (bicyclic) bond motifs is 1. The number of carbonyl (C=O) groups is 6. The third-order valence-electron chi connectivity index (χ3n) is 9.84. The van der Waals surface area contributed by atoms with Gasteiger partial charge in [-0.2, -0.15) is 0 Å². The molecule has 0 bridgehead atoms. The van der Waals surface area contributed by atoms with E-state index in [1.165, 1.54) is 29.2 Å². The molecule has 62 heavy (non-hydrogen) atoms. The molecule has 1 aliphatic rings. The summed E-state index contributed by atoms with van der Waals surface area (Å²) in [5, 5.41) is 5.27. The van der Waals surface area contributed by atoms with Gasteiger partial charge in [-0.1, -0.05) is 78.9 Å². The molecular formula is C43H45N7O12. The first-order valence-corrected chi connectivity index (χ1v) is 19.5. The maximum absolute atomic E-state index is 13.9. The SMILES string of the molecule is COC(=O)[C@H](CC[C@@H]([C@H]1O[C@@H](n2cnc3c(NC(=O)c4ccccc4)ncnc32)[C@@H](OC(C)=O)C1OC(C)=O)N(C)C(=O)OCc1ccccc1)NC(=O)OCc1ccccc1. The van der Waals surface area contributed by atoms with Crippen LogP contribution in [-0.2, 0) is 56.0 Å². The molecule has 0 saturated carbocycles. The molecule has 0 spiro atoms. The number of amides is 3. The molecule has 2 aromatic heterocycles. The van der Waals surface area contributed by atoms with Crippen molar-refractivity contribution in [1.82, 2.24) is 29.7 Å². The Morgan fingerprint density at radius 3 is 1.98 bits per heavy atom. The van der Waals surface area contributed by atoms with Gasteiger partial charge < -0.3 is 44.0 Å². The number of methoxy groups -OCH3 is 1. The number of alkyl carbamates (subject to hydrolysis) is 1. The van der Waals surface area contributed by atoms with Gasteiger partial charge in [-0.3, -0.25) is 19.0 Å². The fraction of sp³-hybridized carbons (Fsp3) is 0.326. The van der Waals surface area contributed by atoms with Crippen molar-refractivity contribution in [2.24, 2.45) is 0 Å². The van der Waals surface area contributed by atoms with Crippen LogP contribution < -0.4 is 10.6 Å². The van der Waals surface area contributed by atoms with Crippen LogP contribution in [0.2, 0.25) is 0 Å². The van der Waals surface area contributed by atoms with Gasteiger partial charge in [0.15, 0.2) is 35.4 Å². The number of benzene rings is 3. The summed E-state index contributed by atoms with van der Waals surface area (Å²) in [4.78, 5) is 92.8. The minimum absolute atomic E-state index is 0.0696. The maximum Gasteiger partial charge on any atom is 0.410 e. The van der Waals surface area contributed by atoms with Gasteiger partial charge in [0.1, 0.15) is 31.7 Å². The molecule has 3 heterocycles. The first-order chi connectivity index (χ1) is 29.9. The first kappa shape index (κ1) is 44.2. The topological polar surface area (TPSA) is 229 Å². The molecule has 0 aliphatic carbocycles. The van der Waals surface area contributed by atoms with Crippen molar-refractivity contribution in [3.05, 3.63) is 120 Å². The maximum atomic E-state index is 13.9. The number of likely N-dealkylation sites (N-methyl/N-ethyl adjacent to an activating group) is 1. The molecule has 5 aromatic rings. The van der Waals surface area contributed by atoms with Crippen LogP contribution in [0.1, 0.15) is 54.4 Å². The summed E-state index contributed by atoms with van der Waals surface area (Å²) >= 11 is 0. The van der Waals surface area contributed by atoms with E-state index in [0.717, 1.165) is 21.0 Å². The predicted octanol–water partition coefficient (Wildman–Crippen LogP) is 4.72. The van der Waals surface area contributed by atoms with Crippen LogP contribution in [0.25, 0.3) is 11.2 Å². The summed E-state index contributed by atoms with van der Waals surface area (Å²) in [7, 11) is 2.58. The lowest BCUT2D eigenvalue weighted by atomic mass is 9.95. The Balaban J connectivity index is 1.33. The largest absolute Gasteiger partial charge is 0.467 e. The smallest absolute Gasteiger partial charge is 0.410 e. The minimum atomic E-state index is -1.38. The molecular weight excluding hydrogens is 807 g/mol. The van der Waals surface area contributed by atoms with Gasteiger partial charge in [-0.05, 0) is 36.1 Å². The van der Waals surface area contributed by atoms with Crippen molar-refractivity contribution in [2.75, 3.05) is 19.5 Å². The van der Waals surface area contributed by atoms with Crippen molar-refractivity contribution in [1.29, 1.82) is 0 Å². The predicted molar refractivity (Wildman–Crippen MR) is 218 cm³/mol. The number of esters is 3. The molecule has 1 fully saturated rings. The zero-order chi connectivity index (χ0) is 44.2. The van der Waals surface area contributed by atoms with E-state index in [9.17, 15) is 28.8 Å². The third-order valence-corrected chi connectivity index (χ3v) is 9.84. The molecule has 2 N–H and O–H groups in total. The molecule has 6 atom stereocenters. The van der Waals surface area contributed by atoms with Gasteiger partial charge in [0.05, 0.1) is 19.5 Å². The van der Waals surface area contributed by atoms with E-state index in [0.29, 0.717) is 16.7 Å². The second kappa shape index (κ2) is 20.7. The molecule has 6 rings (SSSR count). The fourth-order valence-corrected chi connectivity index (χ4v) is 6.91. The van der Waals surface area contributed by atoms with Crippen molar-refractivity contribution in [3.63, 3.8) is 0 Å². The van der Waals surface area contributed by atoms with Crippen LogP contribution in [0.5, 0.6) is 0 Å². The molecule has 3 aromatic carbocycles. The Morgan fingerprint density at radius 2 is 1.37 bits per heavy atom. The lowest BCUT2D eigenvalue weighted by Gasteiger charge is -2.35. The molecule has 19 nitrogen and oxygen atoms in total. The van der Waals surface area contributed by atoms with Crippen LogP contribution in [0.3, 0.4) is 0 Å². The van der Waals surface area contributed by atoms with E-state index in [4.69, 9.17) is 28.4 Å². The Labute approximate surface area is 355 Å². The van der Waals surface area contributed by atoms with Crippen molar-refractivity contribution >= 4 is 53.0 Å². The summed E-state index contributed by atoms with van der Waals surface area (Å²) in [6, 6.07) is 23.9. The second-order valence-electron chi connectivity index (χ2n) is 14.1. The Kier molecular flexibility index (Phi) is 14.8. The highest BCUT2D eigenvalue weighted by Crippen LogP contribution is 2.39. The van der Waals surface area contributed by atoms with E-state index in [2.05, 4.69) is 25.6 Å². The van der Waals surface area contributed by atoms with Crippen LogP contribution in [-0.4, -0.2) is 105 Å². The summed E-state index contributed by atoms with van der Waals surface area (Å²) in [5.41, 5.74) is 2.08. The van der Waals surface area contributed by atoms with E-state index >= 15 is 0 Å². The van der Waals surface area contributed by atoms with Crippen molar-refractivity contribution < 1.29 is 57.2 Å². The highest BCUT2D eigenvalue weighted by Gasteiger charge is 2.54. The number of aromatic nitrogens is 4. The number of imidazole rings is 1. The van der Waals surface area contributed by atoms with Gasteiger partial charge in [-0.25, -0.2) is 29.3 Å². The van der Waals surface area contributed by atoms with Gasteiger partial charge in [-0.15, -0.1) is 0 Å². The zero-order valence-corrected chi connectivity index (χ0v) is 34.2. The van der Waals surface area contributed by atoms with E-state index in [1.54, 1.807) is 78.9 Å². The van der Waals surface area contributed by atoms with Gasteiger partial charge >= 0.3 is 30.1 Å². The number of anilines is 1. The average Bonchev–Trinajstić information content (AvgIpc) is 3.86. The number of nitrogens with one attached hydrogen (secondary N) is 2. The van der Waals surface area contributed by atoms with E-state index in [1.807, 2.05) is 12.1 Å². The Bertz CT molecular complexity index is 2350. The average molecular weight is 852 g/mol. The lowest BCUT2D eigenvalue weighted by Crippen LogP contribution is -2.52. The second-order valence-corrected chi connectivity index (χ2v) is 14.1. The number of hydrogen-bond donors (Lipinski definition) is 2. The normalized spacial score (nSPS) is 17.8. The van der Waals surface area contributed by atoms with E-state index in [-0.39, 0.29) is 43.0 Å². The van der Waals surface area contributed by atoms with Crippen LogP contribution in [0.15, 0.2) is 104 Å². The van der Waals surface area contributed by atoms with Crippen molar-refractivity contribution in [3.8, 4) is 0 Å². The van der Waals surface area contributed by atoms with Gasteiger partial charge in [0.25, 0.3) is 5.91 Å². The number of hydrogen-bond acceptors (Lipinski definition) is 15. The Morgan fingerprint density at radius 1 is 0.774 bits per heavy atom. The molecule has 0 radical (unpaired) electrons. The number of nitrogens with zero attached hydrogens (tertiary/aromatic N) is 5. The van der Waals surface area contributed by atoms with Gasteiger partial charge in [0.2, 0.25) is 0 Å². The molecule has 1 saturated heterocycles. The molecule has 1 unspecified atom stereocenters. The Hall–Kier alpha value is -7.41. The summed E-state index contributed by atoms with van der Waals surface area (Å²) in [6.07, 6.45) is -4.81. The summed E-state index contributed by atoms with van der Waals surface area (Å²) in [6.45, 7) is 2.14. The standard InChI is InChI=1S/C43H45N7O12/c1-26(51)60-35-34(62-40(36(35)61-27(2)52)50-25-46-33-37(44-24-45-38(33)50)48-39(53)30-18-12-7-13-19-30)32(49(3)43(56)59-23-29-16-10-6-11-17-29)21-20-31(41(54)57-4)47-42(55)58-22-28-14-8-5-9-15-28/h5-19,24-25,31-32,34-36,40H,20-23H2,1-4H3,(H,47,55)(H,44,45,48,53)/t31-,32-,34+,35?,36-,40+/m0/s1. The van der Waals surface area contributed by atoms with Gasteiger partial charge in [0, 0.05) is 26.5 Å². The molecule has 3 amide bonds. The quantitative estimate of drug-likeness (QED) is 0.101. The van der Waals surface area contributed by atoms with Crippen molar-refractivity contribution in [2.45, 2.75) is 76.5 Å². The number of carbonyl (C=O) groups excluding carboxylic acids is 6. The monoisotopic (exact) mass is 851 g/mol. The summed E-state index contributed by atoms with van der Waals surface area (Å²) < 4.78 is 35.8. The fourth-order valence-electron chi connectivity index (χ4n) is 6.91. The highest BCUT2D eigenvalue weighted by molar-refractivity contribution is 6.06. The lowest BCUT2D eigenvalue weighted by molar-refractivity contribution is -0.166. The van der Waals surface area contributed by atoms with Crippen LogP contribution in [0, 0.1) is 0 Å². The zero-order valence-electron chi connectivity index (χ0n) is 34.2.